The maximum atomic E-state index is 12.0. The molecule has 0 spiro atoms. The monoisotopic (exact) mass is 289 g/mol. The van der Waals surface area contributed by atoms with E-state index in [1.165, 1.54) is 0 Å². The number of ether oxygens (including phenoxy) is 1. The van der Waals surface area contributed by atoms with E-state index in [2.05, 4.69) is 0 Å². The van der Waals surface area contributed by atoms with Gasteiger partial charge in [-0.2, -0.15) is 0 Å². The lowest BCUT2D eigenvalue weighted by Crippen LogP contribution is -2.34. The first-order valence-corrected chi connectivity index (χ1v) is 7.05. The molecule has 1 aromatic rings. The fourth-order valence-electron chi connectivity index (χ4n) is 2.22. The largest absolute Gasteiger partial charge is 0.478 e. The molecule has 1 heterocycles. The van der Waals surface area contributed by atoms with Crippen molar-refractivity contribution in [1.29, 1.82) is 0 Å². The molecule has 1 aromatic carbocycles. The highest BCUT2D eigenvalue weighted by atomic mass is 16.6. The lowest BCUT2D eigenvalue weighted by molar-refractivity contribution is -0.132. The second-order valence-electron chi connectivity index (χ2n) is 4.95. The van der Waals surface area contributed by atoms with Crippen LogP contribution in [0, 0.1) is 0 Å². The number of aliphatic carboxylic acids is 1. The molecule has 1 N–H and O–H groups in total. The quantitative estimate of drug-likeness (QED) is 0.929. The fraction of sp³-hybridized carbons (Fsp3) is 0.375. The van der Waals surface area contributed by atoms with Gasteiger partial charge in [0.2, 0.25) is 0 Å². The van der Waals surface area contributed by atoms with E-state index >= 15 is 0 Å². The van der Waals surface area contributed by atoms with Crippen LogP contribution in [0.4, 0.5) is 4.79 Å². The summed E-state index contributed by atoms with van der Waals surface area (Å²) in [6.07, 6.45) is 3.14. The standard InChI is InChI=1S/C16H19NO4/c18-15(19)14-8-4-5-10-17(11-9-14)16(20)21-12-13-6-2-1-3-7-13/h1-3,6-8H,4-5,9-12H2,(H,18,19)/b14-8+. The van der Waals surface area contributed by atoms with Crippen molar-refractivity contribution in [3.05, 3.63) is 47.5 Å². The first-order valence-electron chi connectivity index (χ1n) is 7.05. The first-order chi connectivity index (χ1) is 10.2. The fourth-order valence-corrected chi connectivity index (χ4v) is 2.22. The smallest absolute Gasteiger partial charge is 0.410 e. The van der Waals surface area contributed by atoms with E-state index in [0.717, 1.165) is 12.0 Å². The van der Waals surface area contributed by atoms with Gasteiger partial charge in [0.1, 0.15) is 6.61 Å². The van der Waals surface area contributed by atoms with E-state index in [1.54, 1.807) is 11.0 Å². The van der Waals surface area contributed by atoms with Gasteiger partial charge in [0, 0.05) is 18.7 Å². The SMILES string of the molecule is O=C(O)/C1=C/CCCN(C(=O)OCc2ccccc2)CC1. The van der Waals surface area contributed by atoms with Gasteiger partial charge in [-0.05, 0) is 24.8 Å². The third kappa shape index (κ3) is 4.63. The van der Waals surface area contributed by atoms with Crippen LogP contribution in [-0.4, -0.2) is 35.2 Å². The summed E-state index contributed by atoms with van der Waals surface area (Å²) in [6, 6.07) is 9.48. The van der Waals surface area contributed by atoms with Crippen LogP contribution in [0.2, 0.25) is 0 Å². The highest BCUT2D eigenvalue weighted by Crippen LogP contribution is 2.13. The Morgan fingerprint density at radius 3 is 2.67 bits per heavy atom. The van der Waals surface area contributed by atoms with E-state index in [0.29, 0.717) is 31.5 Å². The van der Waals surface area contributed by atoms with Crippen LogP contribution in [0.3, 0.4) is 0 Å². The summed E-state index contributed by atoms with van der Waals surface area (Å²) >= 11 is 0. The molecule has 1 aliphatic heterocycles. The third-order valence-electron chi connectivity index (χ3n) is 3.41. The second kappa shape index (κ2) is 7.47. The maximum Gasteiger partial charge on any atom is 0.410 e. The second-order valence-corrected chi connectivity index (χ2v) is 4.95. The summed E-state index contributed by atoms with van der Waals surface area (Å²) in [5, 5.41) is 9.03. The first kappa shape index (κ1) is 15.1. The minimum Gasteiger partial charge on any atom is -0.478 e. The van der Waals surface area contributed by atoms with Crippen LogP contribution < -0.4 is 0 Å². The Morgan fingerprint density at radius 2 is 1.95 bits per heavy atom. The van der Waals surface area contributed by atoms with Crippen molar-refractivity contribution in [3.8, 4) is 0 Å². The van der Waals surface area contributed by atoms with Gasteiger partial charge in [0.05, 0.1) is 0 Å². The zero-order valence-corrected chi connectivity index (χ0v) is 11.8. The molecule has 0 saturated carbocycles. The molecule has 5 nitrogen and oxygen atoms in total. The zero-order chi connectivity index (χ0) is 15.1. The summed E-state index contributed by atoms with van der Waals surface area (Å²) < 4.78 is 5.28. The van der Waals surface area contributed by atoms with Crippen LogP contribution in [0.25, 0.3) is 0 Å². The minimum absolute atomic E-state index is 0.234. The Labute approximate surface area is 123 Å². The van der Waals surface area contributed by atoms with E-state index in [1.807, 2.05) is 30.3 Å². The average molecular weight is 289 g/mol. The Kier molecular flexibility index (Phi) is 5.37. The molecule has 112 valence electrons. The van der Waals surface area contributed by atoms with Crippen molar-refractivity contribution in [2.45, 2.75) is 25.9 Å². The summed E-state index contributed by atoms with van der Waals surface area (Å²) in [5.41, 5.74) is 1.31. The number of benzene rings is 1. The van der Waals surface area contributed by atoms with Gasteiger partial charge in [-0.3, -0.25) is 0 Å². The van der Waals surface area contributed by atoms with Crippen LogP contribution in [0.15, 0.2) is 42.0 Å². The lowest BCUT2D eigenvalue weighted by atomic mass is 10.1. The van der Waals surface area contributed by atoms with Crippen LogP contribution in [0.1, 0.15) is 24.8 Å². The van der Waals surface area contributed by atoms with Crippen molar-refractivity contribution < 1.29 is 19.4 Å². The van der Waals surface area contributed by atoms with Crippen LogP contribution in [0.5, 0.6) is 0 Å². The zero-order valence-electron chi connectivity index (χ0n) is 11.8. The molecule has 21 heavy (non-hydrogen) atoms. The van der Waals surface area contributed by atoms with Gasteiger partial charge in [0.25, 0.3) is 0 Å². The molecule has 2 rings (SSSR count). The molecule has 0 saturated heterocycles. The Hall–Kier alpha value is -2.30. The molecule has 1 aliphatic rings. The van der Waals surface area contributed by atoms with Gasteiger partial charge in [-0.1, -0.05) is 36.4 Å². The number of allylic oxidation sites excluding steroid dienone is 1. The molecule has 1 amide bonds. The van der Waals surface area contributed by atoms with Crippen LogP contribution in [-0.2, 0) is 16.1 Å². The maximum absolute atomic E-state index is 12.0. The summed E-state index contributed by atoms with van der Waals surface area (Å²) in [6.45, 7) is 1.21. The molecule has 0 fully saturated rings. The number of rotatable bonds is 3. The van der Waals surface area contributed by atoms with Gasteiger partial charge >= 0.3 is 12.1 Å². The number of carbonyl (C=O) groups is 2. The van der Waals surface area contributed by atoms with Crippen LogP contribution >= 0.6 is 0 Å². The summed E-state index contributed by atoms with van der Waals surface area (Å²) in [4.78, 5) is 24.6. The molecular formula is C16H19NO4. The van der Waals surface area contributed by atoms with E-state index in [4.69, 9.17) is 9.84 Å². The molecular weight excluding hydrogens is 270 g/mol. The number of carboxylic acid groups (broad SMARTS) is 1. The summed E-state index contributed by atoms with van der Waals surface area (Å²) in [7, 11) is 0. The predicted molar refractivity (Wildman–Crippen MR) is 77.8 cm³/mol. The molecule has 5 heteroatoms. The third-order valence-corrected chi connectivity index (χ3v) is 3.41. The number of amides is 1. The van der Waals surface area contributed by atoms with Gasteiger partial charge in [-0.25, -0.2) is 9.59 Å². The topological polar surface area (TPSA) is 66.8 Å². The van der Waals surface area contributed by atoms with Crippen molar-refractivity contribution in [1.82, 2.24) is 4.90 Å². The molecule has 0 aromatic heterocycles. The van der Waals surface area contributed by atoms with Crippen molar-refractivity contribution in [3.63, 3.8) is 0 Å². The minimum atomic E-state index is -0.908. The normalized spacial score (nSPS) is 18.1. The number of nitrogens with zero attached hydrogens (tertiary/aromatic N) is 1. The summed E-state index contributed by atoms with van der Waals surface area (Å²) in [5.74, 6) is -0.908. The van der Waals surface area contributed by atoms with Crippen molar-refractivity contribution in [2.24, 2.45) is 0 Å². The molecule has 0 aliphatic carbocycles. The van der Waals surface area contributed by atoms with E-state index in [-0.39, 0.29) is 12.7 Å². The highest BCUT2D eigenvalue weighted by molar-refractivity contribution is 5.86. The van der Waals surface area contributed by atoms with Gasteiger partial charge < -0.3 is 14.7 Å². The van der Waals surface area contributed by atoms with Crippen molar-refractivity contribution in [2.75, 3.05) is 13.1 Å². The average Bonchev–Trinajstić information content (AvgIpc) is 2.45. The molecule has 0 unspecified atom stereocenters. The number of carbonyl (C=O) groups excluding carboxylic acids is 1. The number of hydrogen-bond donors (Lipinski definition) is 1. The number of hydrogen-bond acceptors (Lipinski definition) is 3. The Morgan fingerprint density at radius 1 is 1.19 bits per heavy atom. The van der Waals surface area contributed by atoms with E-state index < -0.39 is 5.97 Å². The van der Waals surface area contributed by atoms with Gasteiger partial charge in [0.15, 0.2) is 0 Å². The van der Waals surface area contributed by atoms with E-state index in [9.17, 15) is 9.59 Å². The van der Waals surface area contributed by atoms with Crippen molar-refractivity contribution >= 4 is 12.1 Å². The molecule has 0 radical (unpaired) electrons. The number of carboxylic acids is 1. The lowest BCUT2D eigenvalue weighted by Gasteiger charge is -2.23. The Balaban J connectivity index is 1.87. The predicted octanol–water partition coefficient (Wildman–Crippen LogP) is 2.82. The Bertz CT molecular complexity index is 524. The molecule has 0 bridgehead atoms. The van der Waals surface area contributed by atoms with Gasteiger partial charge in [-0.15, -0.1) is 0 Å². The highest BCUT2D eigenvalue weighted by Gasteiger charge is 2.18. The molecule has 0 atom stereocenters.